The van der Waals surface area contributed by atoms with E-state index in [4.69, 9.17) is 9.47 Å². The first kappa shape index (κ1) is 11.2. The van der Waals surface area contributed by atoms with E-state index in [1.807, 2.05) is 12.1 Å². The second-order valence-corrected chi connectivity index (χ2v) is 4.02. The predicted octanol–water partition coefficient (Wildman–Crippen LogP) is 1.93. The van der Waals surface area contributed by atoms with Gasteiger partial charge in [-0.15, -0.1) is 0 Å². The van der Waals surface area contributed by atoms with Crippen LogP contribution in [-0.4, -0.2) is 31.9 Å². The zero-order valence-corrected chi connectivity index (χ0v) is 9.61. The Hall–Kier alpha value is -1.29. The van der Waals surface area contributed by atoms with Crippen LogP contribution in [0.5, 0.6) is 5.75 Å². The van der Waals surface area contributed by atoms with E-state index < -0.39 is 0 Å². The molecule has 2 rings (SSSR count). The Bertz CT molecular complexity index is 307. The van der Waals surface area contributed by atoms with Crippen molar-refractivity contribution in [3.63, 3.8) is 0 Å². The van der Waals surface area contributed by atoms with Gasteiger partial charge in [-0.2, -0.15) is 0 Å². The van der Waals surface area contributed by atoms with Gasteiger partial charge in [0, 0.05) is 19.8 Å². The van der Waals surface area contributed by atoms with Gasteiger partial charge in [0.05, 0.1) is 13.3 Å². The first-order chi connectivity index (χ1) is 7.88. The van der Waals surface area contributed by atoms with Gasteiger partial charge >= 0.3 is 0 Å². The standard InChI is InChI=1S/C12H18N2O2/c1-15-11-2-3-12(14-9-11)13-8-10-4-6-16-7-5-10/h2-3,9-10H,4-8H2,1H3,(H,13,14). The molecule has 0 bridgehead atoms. The molecule has 1 aliphatic rings. The second-order valence-electron chi connectivity index (χ2n) is 4.02. The summed E-state index contributed by atoms with van der Waals surface area (Å²) in [6.45, 7) is 2.76. The topological polar surface area (TPSA) is 43.4 Å². The van der Waals surface area contributed by atoms with E-state index >= 15 is 0 Å². The molecule has 1 aromatic rings. The monoisotopic (exact) mass is 222 g/mol. The number of hydrogen-bond acceptors (Lipinski definition) is 4. The Morgan fingerprint density at radius 1 is 1.44 bits per heavy atom. The van der Waals surface area contributed by atoms with Crippen LogP contribution < -0.4 is 10.1 Å². The highest BCUT2D eigenvalue weighted by molar-refractivity contribution is 5.37. The molecule has 1 aromatic heterocycles. The van der Waals surface area contributed by atoms with Crippen LogP contribution in [0.4, 0.5) is 5.82 Å². The van der Waals surface area contributed by atoms with Gasteiger partial charge in [0.2, 0.25) is 0 Å². The maximum absolute atomic E-state index is 5.32. The summed E-state index contributed by atoms with van der Waals surface area (Å²) in [5.74, 6) is 2.40. The minimum atomic E-state index is 0.706. The van der Waals surface area contributed by atoms with Crippen LogP contribution in [0, 0.1) is 5.92 Å². The summed E-state index contributed by atoms with van der Waals surface area (Å²) in [6, 6.07) is 3.86. The van der Waals surface area contributed by atoms with Crippen LogP contribution >= 0.6 is 0 Å². The van der Waals surface area contributed by atoms with Crippen molar-refractivity contribution >= 4 is 5.82 Å². The van der Waals surface area contributed by atoms with Crippen molar-refractivity contribution in [1.82, 2.24) is 4.98 Å². The van der Waals surface area contributed by atoms with Gasteiger partial charge < -0.3 is 14.8 Å². The number of nitrogens with one attached hydrogen (secondary N) is 1. The Morgan fingerprint density at radius 2 is 2.25 bits per heavy atom. The molecule has 0 aliphatic carbocycles. The summed E-state index contributed by atoms with van der Waals surface area (Å²) in [7, 11) is 1.64. The zero-order chi connectivity index (χ0) is 11.2. The molecule has 0 saturated carbocycles. The molecule has 0 radical (unpaired) electrons. The van der Waals surface area contributed by atoms with E-state index in [1.54, 1.807) is 13.3 Å². The second kappa shape index (κ2) is 5.70. The number of pyridine rings is 1. The lowest BCUT2D eigenvalue weighted by Crippen LogP contribution is -2.22. The Kier molecular flexibility index (Phi) is 3.99. The van der Waals surface area contributed by atoms with Gasteiger partial charge in [0.15, 0.2) is 0 Å². The van der Waals surface area contributed by atoms with Gasteiger partial charge in [-0.25, -0.2) is 4.98 Å². The molecule has 0 unspecified atom stereocenters. The maximum atomic E-state index is 5.32. The fourth-order valence-electron chi connectivity index (χ4n) is 1.81. The van der Waals surface area contributed by atoms with Gasteiger partial charge in [0.1, 0.15) is 11.6 Å². The van der Waals surface area contributed by atoms with Crippen molar-refractivity contribution in [1.29, 1.82) is 0 Å². The number of hydrogen-bond donors (Lipinski definition) is 1. The molecular weight excluding hydrogens is 204 g/mol. The Morgan fingerprint density at radius 3 is 2.88 bits per heavy atom. The van der Waals surface area contributed by atoms with Crippen molar-refractivity contribution in [2.45, 2.75) is 12.8 Å². The summed E-state index contributed by atoms with van der Waals surface area (Å²) in [5.41, 5.74) is 0. The van der Waals surface area contributed by atoms with Gasteiger partial charge in [0.25, 0.3) is 0 Å². The quantitative estimate of drug-likeness (QED) is 0.845. The fourth-order valence-corrected chi connectivity index (χ4v) is 1.81. The highest BCUT2D eigenvalue weighted by atomic mass is 16.5. The molecule has 1 N–H and O–H groups in total. The highest BCUT2D eigenvalue weighted by Gasteiger charge is 2.13. The SMILES string of the molecule is COc1ccc(NCC2CCOCC2)nc1. The number of aromatic nitrogens is 1. The van der Waals surface area contributed by atoms with Crippen LogP contribution in [0.2, 0.25) is 0 Å². The van der Waals surface area contributed by atoms with Crippen LogP contribution in [-0.2, 0) is 4.74 Å². The van der Waals surface area contributed by atoms with Crippen molar-refractivity contribution in [3.8, 4) is 5.75 Å². The number of nitrogens with zero attached hydrogens (tertiary/aromatic N) is 1. The Labute approximate surface area is 96.0 Å². The molecule has 4 heteroatoms. The van der Waals surface area contributed by atoms with Crippen LogP contribution in [0.1, 0.15) is 12.8 Å². The van der Waals surface area contributed by atoms with Gasteiger partial charge in [-0.3, -0.25) is 0 Å². The molecule has 1 fully saturated rings. The third-order valence-corrected chi connectivity index (χ3v) is 2.88. The molecule has 0 aromatic carbocycles. The summed E-state index contributed by atoms with van der Waals surface area (Å²) in [6.07, 6.45) is 4.01. The number of anilines is 1. The lowest BCUT2D eigenvalue weighted by atomic mass is 10.0. The van der Waals surface area contributed by atoms with Crippen molar-refractivity contribution in [3.05, 3.63) is 18.3 Å². The summed E-state index contributed by atoms with van der Waals surface area (Å²) < 4.78 is 10.4. The average Bonchev–Trinajstić information content (AvgIpc) is 2.38. The molecule has 0 spiro atoms. The molecule has 1 saturated heterocycles. The van der Waals surface area contributed by atoms with E-state index in [1.165, 1.54) is 0 Å². The molecule has 88 valence electrons. The molecule has 16 heavy (non-hydrogen) atoms. The zero-order valence-electron chi connectivity index (χ0n) is 9.61. The molecular formula is C12H18N2O2. The van der Waals surface area contributed by atoms with Crippen molar-refractivity contribution in [2.75, 3.05) is 32.2 Å². The number of rotatable bonds is 4. The summed E-state index contributed by atoms with van der Waals surface area (Å²) in [4.78, 5) is 4.27. The van der Waals surface area contributed by atoms with E-state index in [0.29, 0.717) is 5.92 Å². The molecule has 0 amide bonds. The normalized spacial score (nSPS) is 17.1. The van der Waals surface area contributed by atoms with E-state index in [9.17, 15) is 0 Å². The van der Waals surface area contributed by atoms with Crippen LogP contribution in [0.25, 0.3) is 0 Å². The van der Waals surface area contributed by atoms with Gasteiger partial charge in [-0.1, -0.05) is 0 Å². The fraction of sp³-hybridized carbons (Fsp3) is 0.583. The lowest BCUT2D eigenvalue weighted by molar-refractivity contribution is 0.0699. The van der Waals surface area contributed by atoms with E-state index in [0.717, 1.165) is 44.2 Å². The van der Waals surface area contributed by atoms with E-state index in [2.05, 4.69) is 10.3 Å². The smallest absolute Gasteiger partial charge is 0.137 e. The minimum absolute atomic E-state index is 0.706. The number of ether oxygens (including phenoxy) is 2. The first-order valence-electron chi connectivity index (χ1n) is 5.70. The third-order valence-electron chi connectivity index (χ3n) is 2.88. The largest absolute Gasteiger partial charge is 0.495 e. The van der Waals surface area contributed by atoms with E-state index in [-0.39, 0.29) is 0 Å². The third kappa shape index (κ3) is 3.10. The maximum Gasteiger partial charge on any atom is 0.137 e. The highest BCUT2D eigenvalue weighted by Crippen LogP contribution is 2.16. The summed E-state index contributed by atoms with van der Waals surface area (Å²) in [5, 5.41) is 3.34. The predicted molar refractivity (Wildman–Crippen MR) is 62.8 cm³/mol. The van der Waals surface area contributed by atoms with Crippen molar-refractivity contribution < 1.29 is 9.47 Å². The lowest BCUT2D eigenvalue weighted by Gasteiger charge is -2.22. The molecule has 4 nitrogen and oxygen atoms in total. The van der Waals surface area contributed by atoms with Crippen LogP contribution in [0.15, 0.2) is 18.3 Å². The average molecular weight is 222 g/mol. The minimum Gasteiger partial charge on any atom is -0.495 e. The van der Waals surface area contributed by atoms with Gasteiger partial charge in [-0.05, 0) is 30.9 Å². The van der Waals surface area contributed by atoms with Crippen molar-refractivity contribution in [2.24, 2.45) is 5.92 Å². The number of methoxy groups -OCH3 is 1. The Balaban J connectivity index is 1.79. The van der Waals surface area contributed by atoms with Crippen LogP contribution in [0.3, 0.4) is 0 Å². The summed E-state index contributed by atoms with van der Waals surface area (Å²) >= 11 is 0. The molecule has 2 heterocycles. The molecule has 1 aliphatic heterocycles. The first-order valence-corrected chi connectivity index (χ1v) is 5.70. The molecule has 0 atom stereocenters.